The molecule has 1 aromatic heterocycles. The number of aliphatic hydroxyl groups excluding tert-OH is 1. The molecule has 0 amide bonds. The number of nitrogens with zero attached hydrogens (tertiary/aromatic N) is 5. The number of piperazine rings is 1. The van der Waals surface area contributed by atoms with Crippen LogP contribution in [0.4, 0.5) is 22.7 Å². The molecular formula is C39H40Cl2N6O4S. The van der Waals surface area contributed by atoms with E-state index in [1.807, 2.05) is 76.3 Å². The van der Waals surface area contributed by atoms with Crippen molar-refractivity contribution in [1.82, 2.24) is 9.55 Å². The van der Waals surface area contributed by atoms with Crippen LogP contribution in [0.15, 0.2) is 116 Å². The average Bonchev–Trinajstić information content (AvgIpc) is 3.84. The first-order valence-electron chi connectivity index (χ1n) is 17.2. The van der Waals surface area contributed by atoms with E-state index in [-0.39, 0.29) is 12.7 Å². The maximum Gasteiger partial charge on any atom is 0.215 e. The molecule has 52 heavy (non-hydrogen) atoms. The van der Waals surface area contributed by atoms with E-state index in [9.17, 15) is 5.11 Å². The number of halogens is 2. The summed E-state index contributed by atoms with van der Waals surface area (Å²) in [6, 6.07) is 31.7. The molecule has 0 spiro atoms. The second-order valence-electron chi connectivity index (χ2n) is 12.6. The molecule has 2 saturated heterocycles. The summed E-state index contributed by atoms with van der Waals surface area (Å²) in [6.45, 7) is 5.07. The molecule has 4 aromatic carbocycles. The smallest absolute Gasteiger partial charge is 0.215 e. The van der Waals surface area contributed by atoms with E-state index in [4.69, 9.17) is 49.6 Å². The molecule has 0 radical (unpaired) electrons. The number of aliphatic hydroxyl groups is 1. The molecule has 3 heterocycles. The van der Waals surface area contributed by atoms with E-state index >= 15 is 0 Å². The zero-order valence-corrected chi connectivity index (χ0v) is 30.8. The SMILES string of the molecule is OCCN(C(=S)Nc1ccc(N2CCN(c3ccc(OC[C@@H]4CO[C@@](Cn5ccnc5)(c5ccc(Cl)cc5Cl)O4)cc3)CC2)cc1)c1ccccc1. The molecule has 0 aliphatic carbocycles. The Morgan fingerprint density at radius 1 is 0.942 bits per heavy atom. The number of benzene rings is 4. The molecule has 0 bridgehead atoms. The van der Waals surface area contributed by atoms with Gasteiger partial charge in [-0.2, -0.15) is 0 Å². The number of para-hydroxylation sites is 1. The highest BCUT2D eigenvalue weighted by molar-refractivity contribution is 7.80. The van der Waals surface area contributed by atoms with Crippen molar-refractivity contribution >= 4 is 63.3 Å². The van der Waals surface area contributed by atoms with E-state index in [1.54, 1.807) is 24.7 Å². The third-order valence-electron chi connectivity index (χ3n) is 9.19. The van der Waals surface area contributed by atoms with Gasteiger partial charge in [0.2, 0.25) is 5.79 Å². The van der Waals surface area contributed by atoms with Gasteiger partial charge < -0.3 is 43.9 Å². The molecule has 5 aromatic rings. The topological polar surface area (TPSA) is 87.5 Å². The minimum Gasteiger partial charge on any atom is -0.491 e. The number of rotatable bonds is 12. The van der Waals surface area contributed by atoms with E-state index in [1.165, 1.54) is 5.69 Å². The fraction of sp³-hybridized carbons (Fsp3) is 0.282. The summed E-state index contributed by atoms with van der Waals surface area (Å²) in [5.41, 5.74) is 4.87. The number of ether oxygens (including phenoxy) is 3. The lowest BCUT2D eigenvalue weighted by atomic mass is 10.1. The Hall–Kier alpha value is -4.36. The number of anilines is 4. The summed E-state index contributed by atoms with van der Waals surface area (Å²) >= 11 is 18.5. The summed E-state index contributed by atoms with van der Waals surface area (Å²) in [5.74, 6) is -0.334. The second-order valence-corrected chi connectivity index (χ2v) is 13.9. The molecule has 7 rings (SSSR count). The third kappa shape index (κ3) is 8.47. The molecule has 2 fully saturated rings. The summed E-state index contributed by atoms with van der Waals surface area (Å²) in [5, 5.41) is 14.5. The van der Waals surface area contributed by atoms with E-state index in [2.05, 4.69) is 44.4 Å². The maximum atomic E-state index is 9.58. The van der Waals surface area contributed by atoms with Crippen LogP contribution in [0, 0.1) is 0 Å². The first-order chi connectivity index (χ1) is 25.4. The Bertz CT molecular complexity index is 1910. The average molecular weight is 760 g/mol. The van der Waals surface area contributed by atoms with Crippen LogP contribution >= 0.6 is 35.4 Å². The summed E-state index contributed by atoms with van der Waals surface area (Å²) in [7, 11) is 0. The van der Waals surface area contributed by atoms with Gasteiger partial charge >= 0.3 is 0 Å². The predicted octanol–water partition coefficient (Wildman–Crippen LogP) is 7.06. The second kappa shape index (κ2) is 16.5. The van der Waals surface area contributed by atoms with Gasteiger partial charge in [0.25, 0.3) is 0 Å². The van der Waals surface area contributed by atoms with Gasteiger partial charge in [0, 0.05) is 78.5 Å². The monoisotopic (exact) mass is 758 g/mol. The third-order valence-corrected chi connectivity index (χ3v) is 10.1. The highest BCUT2D eigenvalue weighted by Crippen LogP contribution is 2.40. The highest BCUT2D eigenvalue weighted by atomic mass is 35.5. The normalized spacial score (nSPS) is 18.7. The number of hydrogen-bond acceptors (Lipinski definition) is 8. The Labute approximate surface area is 319 Å². The molecule has 2 aliphatic rings. The van der Waals surface area contributed by atoms with Gasteiger partial charge in [0.15, 0.2) is 5.11 Å². The van der Waals surface area contributed by atoms with Gasteiger partial charge in [-0.15, -0.1) is 0 Å². The first-order valence-corrected chi connectivity index (χ1v) is 18.4. The fourth-order valence-corrected chi connectivity index (χ4v) is 7.41. The lowest BCUT2D eigenvalue weighted by Gasteiger charge is -2.37. The lowest BCUT2D eigenvalue weighted by Crippen LogP contribution is -2.46. The van der Waals surface area contributed by atoms with Crippen LogP contribution in [-0.4, -0.2) is 78.4 Å². The molecule has 0 saturated carbocycles. The quantitative estimate of drug-likeness (QED) is 0.129. The zero-order valence-electron chi connectivity index (χ0n) is 28.5. The van der Waals surface area contributed by atoms with Gasteiger partial charge in [0.05, 0.1) is 31.1 Å². The molecule has 0 unspecified atom stereocenters. The van der Waals surface area contributed by atoms with Crippen molar-refractivity contribution in [2.75, 3.05) is 72.6 Å². The van der Waals surface area contributed by atoms with Gasteiger partial charge in [-0.25, -0.2) is 4.98 Å². The lowest BCUT2D eigenvalue weighted by molar-refractivity contribution is -0.189. The van der Waals surface area contributed by atoms with Crippen molar-refractivity contribution in [3.63, 3.8) is 0 Å². The van der Waals surface area contributed by atoms with Gasteiger partial charge in [-0.3, -0.25) is 0 Å². The standard InChI is InChI=1S/C39H40Cl2N6O4S/c40-29-6-15-36(37(41)24-29)39(27-44-17-16-42-28-44)50-26-35(51-39)25-49-34-13-11-32(12-14-34)46-20-18-45(19-21-46)31-9-7-30(8-10-31)43-38(52)47(22-23-48)33-4-2-1-3-5-33/h1-17,24,28,35,48H,18-23,25-27H2,(H,43,52)/t35-,39-/m1/s1. The minimum atomic E-state index is -1.10. The Morgan fingerprint density at radius 2 is 1.63 bits per heavy atom. The van der Waals surface area contributed by atoms with Crippen LogP contribution in [0.2, 0.25) is 10.0 Å². The zero-order chi connectivity index (χ0) is 35.9. The first kappa shape index (κ1) is 36.0. The predicted molar refractivity (Wildman–Crippen MR) is 211 cm³/mol. The molecular weight excluding hydrogens is 719 g/mol. The highest BCUT2D eigenvalue weighted by Gasteiger charge is 2.45. The van der Waals surface area contributed by atoms with E-state index in [0.717, 1.165) is 49.0 Å². The molecule has 13 heteroatoms. The molecule has 2 atom stereocenters. The van der Waals surface area contributed by atoms with Crippen LogP contribution in [0.1, 0.15) is 5.56 Å². The Morgan fingerprint density at radius 3 is 2.27 bits per heavy atom. The number of aromatic nitrogens is 2. The molecule has 270 valence electrons. The van der Waals surface area contributed by atoms with Gasteiger partial charge in [-0.05, 0) is 85.0 Å². The molecule has 10 nitrogen and oxygen atoms in total. The molecule has 2 aliphatic heterocycles. The van der Waals surface area contributed by atoms with Crippen molar-refractivity contribution < 1.29 is 19.3 Å². The van der Waals surface area contributed by atoms with Crippen LogP contribution in [0.5, 0.6) is 5.75 Å². The van der Waals surface area contributed by atoms with Crippen LogP contribution < -0.4 is 24.8 Å². The number of hydrogen-bond donors (Lipinski definition) is 2. The fourth-order valence-electron chi connectivity index (χ4n) is 6.54. The summed E-state index contributed by atoms with van der Waals surface area (Å²) in [4.78, 5) is 10.8. The van der Waals surface area contributed by atoms with E-state index in [0.29, 0.717) is 47.0 Å². The number of imidazole rings is 1. The summed E-state index contributed by atoms with van der Waals surface area (Å²) < 4.78 is 20.9. The Balaban J connectivity index is 0.897. The maximum absolute atomic E-state index is 9.58. The number of nitrogens with one attached hydrogen (secondary N) is 1. The van der Waals surface area contributed by atoms with Crippen LogP contribution in [0.25, 0.3) is 0 Å². The van der Waals surface area contributed by atoms with Gasteiger partial charge in [-0.1, -0.05) is 47.5 Å². The van der Waals surface area contributed by atoms with E-state index < -0.39 is 5.79 Å². The van der Waals surface area contributed by atoms with Crippen LogP contribution in [0.3, 0.4) is 0 Å². The Kier molecular flexibility index (Phi) is 11.5. The summed E-state index contributed by atoms with van der Waals surface area (Å²) in [6.07, 6.45) is 4.99. The van der Waals surface area contributed by atoms with Crippen molar-refractivity contribution in [3.05, 3.63) is 131 Å². The van der Waals surface area contributed by atoms with Crippen molar-refractivity contribution in [2.45, 2.75) is 18.4 Å². The minimum absolute atomic E-state index is 0.00309. The largest absolute Gasteiger partial charge is 0.491 e. The molecule has 2 N–H and O–H groups in total. The van der Waals surface area contributed by atoms with Gasteiger partial charge in [0.1, 0.15) is 18.5 Å². The van der Waals surface area contributed by atoms with Crippen molar-refractivity contribution in [3.8, 4) is 5.75 Å². The van der Waals surface area contributed by atoms with Crippen LogP contribution in [-0.2, 0) is 21.8 Å². The van der Waals surface area contributed by atoms with Crippen molar-refractivity contribution in [2.24, 2.45) is 0 Å². The van der Waals surface area contributed by atoms with Crippen molar-refractivity contribution in [1.29, 1.82) is 0 Å². The number of thiocarbonyl (C=S) groups is 1.